The van der Waals surface area contributed by atoms with Crippen molar-refractivity contribution in [1.82, 2.24) is 0 Å². The van der Waals surface area contributed by atoms with Crippen molar-refractivity contribution in [2.75, 3.05) is 5.32 Å². The van der Waals surface area contributed by atoms with Gasteiger partial charge in [0.05, 0.1) is 10.6 Å². The average Bonchev–Trinajstić information content (AvgIpc) is 2.19. The molecule has 0 saturated heterocycles. The fourth-order valence-corrected chi connectivity index (χ4v) is 1.29. The van der Waals surface area contributed by atoms with Crippen LogP contribution >= 0.6 is 0 Å². The van der Waals surface area contributed by atoms with E-state index in [9.17, 15) is 19.3 Å². The molecular weight excluding hydrogens is 227 g/mol. The smallest absolute Gasteiger partial charge is 0.271 e. The molecule has 0 bridgehead atoms. The van der Waals surface area contributed by atoms with E-state index in [0.29, 0.717) is 0 Å². The van der Waals surface area contributed by atoms with Crippen LogP contribution in [0.1, 0.15) is 20.3 Å². The minimum Gasteiger partial charge on any atom is -0.323 e. The first-order valence-electron chi connectivity index (χ1n) is 5.14. The number of non-ortho nitro benzene ring substituents is 1. The van der Waals surface area contributed by atoms with Crippen LogP contribution in [0, 0.1) is 21.8 Å². The summed E-state index contributed by atoms with van der Waals surface area (Å²) in [5, 5.41) is 12.8. The number of amides is 1. The zero-order valence-corrected chi connectivity index (χ0v) is 9.57. The van der Waals surface area contributed by atoms with Gasteiger partial charge in [-0.3, -0.25) is 14.9 Å². The third kappa shape index (κ3) is 3.82. The molecule has 1 aromatic rings. The summed E-state index contributed by atoms with van der Waals surface area (Å²) < 4.78 is 13.3. The Hall–Kier alpha value is -1.98. The first kappa shape index (κ1) is 13.1. The van der Waals surface area contributed by atoms with E-state index in [0.717, 1.165) is 18.2 Å². The molecule has 0 fully saturated rings. The fourth-order valence-electron chi connectivity index (χ4n) is 1.29. The lowest BCUT2D eigenvalue weighted by atomic mass is 10.1. The Morgan fingerprint density at radius 1 is 1.53 bits per heavy atom. The van der Waals surface area contributed by atoms with Crippen LogP contribution in [-0.2, 0) is 4.79 Å². The van der Waals surface area contributed by atoms with Crippen molar-refractivity contribution in [3.8, 4) is 0 Å². The molecule has 6 heteroatoms. The molecule has 17 heavy (non-hydrogen) atoms. The van der Waals surface area contributed by atoms with Crippen molar-refractivity contribution in [1.29, 1.82) is 0 Å². The van der Waals surface area contributed by atoms with E-state index in [-0.39, 0.29) is 29.6 Å². The number of nitro groups is 1. The Bertz CT molecular complexity index is 446. The maximum atomic E-state index is 13.3. The van der Waals surface area contributed by atoms with Gasteiger partial charge in [-0.2, -0.15) is 0 Å². The Labute approximate surface area is 97.8 Å². The van der Waals surface area contributed by atoms with Crippen molar-refractivity contribution in [3.63, 3.8) is 0 Å². The van der Waals surface area contributed by atoms with E-state index in [1.165, 1.54) is 0 Å². The molecule has 0 atom stereocenters. The number of carbonyl (C=O) groups is 1. The number of nitrogens with one attached hydrogen (secondary N) is 1. The number of hydrogen-bond acceptors (Lipinski definition) is 3. The van der Waals surface area contributed by atoms with Crippen molar-refractivity contribution < 1.29 is 14.1 Å². The minimum absolute atomic E-state index is 0.136. The van der Waals surface area contributed by atoms with Crippen LogP contribution in [-0.4, -0.2) is 10.8 Å². The SMILES string of the molecule is CC(C)CC(=O)Nc1cc([N+](=O)[O-])ccc1F. The maximum Gasteiger partial charge on any atom is 0.271 e. The maximum absolute atomic E-state index is 13.3. The lowest BCUT2D eigenvalue weighted by Crippen LogP contribution is -2.14. The van der Waals surface area contributed by atoms with Gasteiger partial charge in [-0.1, -0.05) is 13.8 Å². The van der Waals surface area contributed by atoms with E-state index in [1.54, 1.807) is 0 Å². The van der Waals surface area contributed by atoms with Gasteiger partial charge in [-0.15, -0.1) is 0 Å². The topological polar surface area (TPSA) is 72.2 Å². The molecule has 1 amide bonds. The first-order chi connectivity index (χ1) is 7.90. The fraction of sp³-hybridized carbons (Fsp3) is 0.364. The zero-order valence-electron chi connectivity index (χ0n) is 9.57. The lowest BCUT2D eigenvalue weighted by Gasteiger charge is -2.07. The van der Waals surface area contributed by atoms with Gasteiger partial charge in [0.25, 0.3) is 5.69 Å². The Kier molecular flexibility index (Phi) is 4.14. The molecule has 0 aliphatic rings. The van der Waals surface area contributed by atoms with Crippen LogP contribution in [0.5, 0.6) is 0 Å². The molecule has 0 unspecified atom stereocenters. The molecule has 0 aliphatic heterocycles. The van der Waals surface area contributed by atoms with Crippen LogP contribution in [0.3, 0.4) is 0 Å². The molecule has 92 valence electrons. The molecule has 1 rings (SSSR count). The summed E-state index contributed by atoms with van der Waals surface area (Å²) in [6.45, 7) is 3.70. The molecule has 0 spiro atoms. The lowest BCUT2D eigenvalue weighted by molar-refractivity contribution is -0.384. The zero-order chi connectivity index (χ0) is 13.0. The number of benzene rings is 1. The standard InChI is InChI=1S/C11H13FN2O3/c1-7(2)5-11(15)13-10-6-8(14(16)17)3-4-9(10)12/h3-4,6-7H,5H2,1-2H3,(H,13,15). The summed E-state index contributed by atoms with van der Waals surface area (Å²) >= 11 is 0. The normalized spacial score (nSPS) is 10.4. The highest BCUT2D eigenvalue weighted by molar-refractivity contribution is 5.91. The number of anilines is 1. The van der Waals surface area contributed by atoms with Gasteiger partial charge >= 0.3 is 0 Å². The molecular formula is C11H13FN2O3. The number of rotatable bonds is 4. The first-order valence-corrected chi connectivity index (χ1v) is 5.14. The predicted octanol–water partition coefficient (Wildman–Crippen LogP) is 2.72. The molecule has 1 aromatic carbocycles. The summed E-state index contributed by atoms with van der Waals surface area (Å²) in [6.07, 6.45) is 0.238. The summed E-state index contributed by atoms with van der Waals surface area (Å²) in [5.41, 5.74) is -0.420. The molecule has 0 aliphatic carbocycles. The van der Waals surface area contributed by atoms with Crippen molar-refractivity contribution in [2.45, 2.75) is 20.3 Å². The summed E-state index contributed by atoms with van der Waals surface area (Å²) in [5.74, 6) is -0.913. The van der Waals surface area contributed by atoms with Gasteiger partial charge in [-0.25, -0.2) is 4.39 Å². The number of hydrogen-bond donors (Lipinski definition) is 1. The third-order valence-corrected chi connectivity index (χ3v) is 2.03. The Morgan fingerprint density at radius 2 is 2.18 bits per heavy atom. The van der Waals surface area contributed by atoms with Gasteiger partial charge < -0.3 is 5.32 Å². The largest absolute Gasteiger partial charge is 0.323 e. The van der Waals surface area contributed by atoms with Crippen LogP contribution in [0.4, 0.5) is 15.8 Å². The van der Waals surface area contributed by atoms with Crippen LogP contribution in [0.2, 0.25) is 0 Å². The number of carbonyl (C=O) groups excluding carboxylic acids is 1. The number of nitrogens with zero attached hydrogens (tertiary/aromatic N) is 1. The monoisotopic (exact) mass is 240 g/mol. The highest BCUT2D eigenvalue weighted by Crippen LogP contribution is 2.21. The van der Waals surface area contributed by atoms with Crippen molar-refractivity contribution in [2.24, 2.45) is 5.92 Å². The van der Waals surface area contributed by atoms with Crippen LogP contribution in [0.25, 0.3) is 0 Å². The molecule has 0 saturated carbocycles. The van der Waals surface area contributed by atoms with Gasteiger partial charge in [0.15, 0.2) is 0 Å². The average molecular weight is 240 g/mol. The third-order valence-electron chi connectivity index (χ3n) is 2.03. The minimum atomic E-state index is -0.687. The van der Waals surface area contributed by atoms with Gasteiger partial charge in [-0.05, 0) is 12.0 Å². The Balaban J connectivity index is 2.86. The van der Waals surface area contributed by atoms with E-state index < -0.39 is 10.7 Å². The van der Waals surface area contributed by atoms with E-state index >= 15 is 0 Å². The van der Waals surface area contributed by atoms with E-state index in [4.69, 9.17) is 0 Å². The predicted molar refractivity (Wildman–Crippen MR) is 61.1 cm³/mol. The second-order valence-electron chi connectivity index (χ2n) is 4.07. The second-order valence-corrected chi connectivity index (χ2v) is 4.07. The van der Waals surface area contributed by atoms with Crippen LogP contribution < -0.4 is 5.32 Å². The van der Waals surface area contributed by atoms with E-state index in [2.05, 4.69) is 5.32 Å². The van der Waals surface area contributed by atoms with Gasteiger partial charge in [0.2, 0.25) is 5.91 Å². The van der Waals surface area contributed by atoms with Crippen molar-refractivity contribution >= 4 is 17.3 Å². The second kappa shape index (κ2) is 5.38. The van der Waals surface area contributed by atoms with Crippen molar-refractivity contribution in [3.05, 3.63) is 34.1 Å². The summed E-state index contributed by atoms with van der Waals surface area (Å²) in [6, 6.07) is 3.02. The molecule has 0 radical (unpaired) electrons. The number of halogens is 1. The summed E-state index contributed by atoms with van der Waals surface area (Å²) in [4.78, 5) is 21.3. The Morgan fingerprint density at radius 3 is 2.71 bits per heavy atom. The summed E-state index contributed by atoms with van der Waals surface area (Å²) in [7, 11) is 0. The quantitative estimate of drug-likeness (QED) is 0.649. The molecule has 5 nitrogen and oxygen atoms in total. The molecule has 1 N–H and O–H groups in total. The highest BCUT2D eigenvalue weighted by Gasteiger charge is 2.13. The van der Waals surface area contributed by atoms with E-state index in [1.807, 2.05) is 13.8 Å². The van der Waals surface area contributed by atoms with Crippen LogP contribution in [0.15, 0.2) is 18.2 Å². The van der Waals surface area contributed by atoms with Gasteiger partial charge in [0.1, 0.15) is 5.82 Å². The number of nitro benzene ring substituents is 1. The molecule has 0 aromatic heterocycles. The molecule has 0 heterocycles. The highest BCUT2D eigenvalue weighted by atomic mass is 19.1. The van der Waals surface area contributed by atoms with Gasteiger partial charge in [0, 0.05) is 18.6 Å².